The average Bonchev–Trinajstić information content (AvgIpc) is 2.39. The Morgan fingerprint density at radius 1 is 1.26 bits per heavy atom. The van der Waals surface area contributed by atoms with Gasteiger partial charge in [-0.15, -0.1) is 0 Å². The first-order chi connectivity index (χ1) is 9.06. The SMILES string of the molecule is Cc1cnc(C(Cc2ccc(Br)cc2)C(=O)O)nc1. The maximum Gasteiger partial charge on any atom is 0.314 e. The number of rotatable bonds is 4. The van der Waals surface area contributed by atoms with Crippen molar-refractivity contribution in [1.82, 2.24) is 9.97 Å². The molecule has 0 amide bonds. The number of nitrogens with zero attached hydrogens (tertiary/aromatic N) is 2. The summed E-state index contributed by atoms with van der Waals surface area (Å²) in [4.78, 5) is 19.6. The molecule has 1 unspecified atom stereocenters. The van der Waals surface area contributed by atoms with Crippen molar-refractivity contribution in [2.45, 2.75) is 19.3 Å². The van der Waals surface area contributed by atoms with E-state index in [4.69, 9.17) is 0 Å². The third-order valence-electron chi connectivity index (χ3n) is 2.76. The largest absolute Gasteiger partial charge is 0.481 e. The lowest BCUT2D eigenvalue weighted by atomic mass is 9.98. The van der Waals surface area contributed by atoms with Crippen LogP contribution in [0.15, 0.2) is 41.1 Å². The Morgan fingerprint density at radius 2 is 1.84 bits per heavy atom. The van der Waals surface area contributed by atoms with Crippen molar-refractivity contribution in [3.05, 3.63) is 58.1 Å². The zero-order chi connectivity index (χ0) is 13.8. The van der Waals surface area contributed by atoms with Crippen LogP contribution in [-0.4, -0.2) is 21.0 Å². The second kappa shape index (κ2) is 5.93. The van der Waals surface area contributed by atoms with Gasteiger partial charge in [0, 0.05) is 16.9 Å². The molecule has 1 N–H and O–H groups in total. The smallest absolute Gasteiger partial charge is 0.314 e. The van der Waals surface area contributed by atoms with Crippen LogP contribution in [0.1, 0.15) is 22.9 Å². The van der Waals surface area contributed by atoms with E-state index >= 15 is 0 Å². The third-order valence-corrected chi connectivity index (χ3v) is 3.29. The molecule has 0 saturated heterocycles. The number of benzene rings is 1. The maximum absolute atomic E-state index is 11.4. The van der Waals surface area contributed by atoms with Crippen LogP contribution in [-0.2, 0) is 11.2 Å². The third kappa shape index (κ3) is 3.61. The molecular formula is C14H13BrN2O2. The van der Waals surface area contributed by atoms with Crippen LogP contribution in [0.25, 0.3) is 0 Å². The highest BCUT2D eigenvalue weighted by molar-refractivity contribution is 9.10. The van der Waals surface area contributed by atoms with Crippen LogP contribution in [0.5, 0.6) is 0 Å². The fourth-order valence-electron chi connectivity index (χ4n) is 1.73. The first kappa shape index (κ1) is 13.7. The van der Waals surface area contributed by atoms with Crippen molar-refractivity contribution in [1.29, 1.82) is 0 Å². The monoisotopic (exact) mass is 320 g/mol. The Hall–Kier alpha value is -1.75. The highest BCUT2D eigenvalue weighted by atomic mass is 79.9. The van der Waals surface area contributed by atoms with E-state index < -0.39 is 11.9 Å². The van der Waals surface area contributed by atoms with E-state index in [1.165, 1.54) is 0 Å². The van der Waals surface area contributed by atoms with E-state index in [9.17, 15) is 9.90 Å². The molecule has 1 heterocycles. The summed E-state index contributed by atoms with van der Waals surface area (Å²) >= 11 is 3.35. The lowest BCUT2D eigenvalue weighted by molar-refractivity contribution is -0.139. The molecule has 0 fully saturated rings. The molecule has 0 radical (unpaired) electrons. The molecule has 0 saturated carbocycles. The number of carboxylic acid groups (broad SMARTS) is 1. The summed E-state index contributed by atoms with van der Waals surface area (Å²) < 4.78 is 0.967. The van der Waals surface area contributed by atoms with E-state index in [0.29, 0.717) is 12.2 Å². The van der Waals surface area contributed by atoms with Crippen molar-refractivity contribution in [2.75, 3.05) is 0 Å². The molecule has 0 spiro atoms. The van der Waals surface area contributed by atoms with Crippen LogP contribution in [0.3, 0.4) is 0 Å². The van der Waals surface area contributed by atoms with Crippen LogP contribution < -0.4 is 0 Å². The Labute approximate surface area is 119 Å². The summed E-state index contributed by atoms with van der Waals surface area (Å²) in [6.07, 6.45) is 3.66. The molecule has 4 nitrogen and oxygen atoms in total. The zero-order valence-corrected chi connectivity index (χ0v) is 12.0. The van der Waals surface area contributed by atoms with Gasteiger partial charge in [0.15, 0.2) is 0 Å². The lowest BCUT2D eigenvalue weighted by Crippen LogP contribution is -2.17. The maximum atomic E-state index is 11.4. The zero-order valence-electron chi connectivity index (χ0n) is 10.4. The predicted molar refractivity (Wildman–Crippen MR) is 75.0 cm³/mol. The summed E-state index contributed by atoms with van der Waals surface area (Å²) in [7, 11) is 0. The first-order valence-electron chi connectivity index (χ1n) is 5.82. The quantitative estimate of drug-likeness (QED) is 0.940. The molecular weight excluding hydrogens is 308 g/mol. The van der Waals surface area contributed by atoms with Gasteiger partial charge in [-0.3, -0.25) is 4.79 Å². The number of halogens is 1. The Morgan fingerprint density at radius 3 is 2.37 bits per heavy atom. The summed E-state index contributed by atoms with van der Waals surface area (Å²) in [6.45, 7) is 1.87. The number of hydrogen-bond acceptors (Lipinski definition) is 3. The lowest BCUT2D eigenvalue weighted by Gasteiger charge is -2.11. The van der Waals surface area contributed by atoms with Gasteiger partial charge >= 0.3 is 5.97 Å². The second-order valence-corrected chi connectivity index (χ2v) is 5.26. The predicted octanol–water partition coefficient (Wildman–Crippen LogP) is 2.96. The van der Waals surface area contributed by atoms with E-state index in [-0.39, 0.29) is 0 Å². The van der Waals surface area contributed by atoms with Crippen molar-refractivity contribution in [3.8, 4) is 0 Å². The minimum atomic E-state index is -0.910. The summed E-state index contributed by atoms with van der Waals surface area (Å²) in [5, 5.41) is 9.32. The number of carboxylic acids is 1. The van der Waals surface area contributed by atoms with Crippen molar-refractivity contribution in [2.24, 2.45) is 0 Å². The van der Waals surface area contributed by atoms with Gasteiger partial charge in [-0.05, 0) is 36.6 Å². The topological polar surface area (TPSA) is 63.1 Å². The van der Waals surface area contributed by atoms with E-state index in [1.54, 1.807) is 12.4 Å². The molecule has 0 aliphatic carbocycles. The molecule has 19 heavy (non-hydrogen) atoms. The molecule has 0 aliphatic rings. The number of aliphatic carboxylic acids is 1. The normalized spacial score (nSPS) is 12.1. The highest BCUT2D eigenvalue weighted by Crippen LogP contribution is 2.19. The van der Waals surface area contributed by atoms with Crippen LogP contribution in [0, 0.1) is 6.92 Å². The fourth-order valence-corrected chi connectivity index (χ4v) is 1.99. The number of carbonyl (C=O) groups is 1. The van der Waals surface area contributed by atoms with Crippen molar-refractivity contribution >= 4 is 21.9 Å². The van der Waals surface area contributed by atoms with Gasteiger partial charge in [-0.1, -0.05) is 28.1 Å². The van der Waals surface area contributed by atoms with Gasteiger partial charge in [0.25, 0.3) is 0 Å². The van der Waals surface area contributed by atoms with Gasteiger partial charge in [0.05, 0.1) is 0 Å². The van der Waals surface area contributed by atoms with E-state index in [1.807, 2.05) is 31.2 Å². The molecule has 0 bridgehead atoms. The van der Waals surface area contributed by atoms with Gasteiger partial charge in [-0.25, -0.2) is 9.97 Å². The summed E-state index contributed by atoms with van der Waals surface area (Å²) in [5.41, 5.74) is 1.86. The van der Waals surface area contributed by atoms with Gasteiger partial charge in [-0.2, -0.15) is 0 Å². The Bertz CT molecular complexity index is 567. The molecule has 1 aromatic carbocycles. The van der Waals surface area contributed by atoms with Crippen molar-refractivity contribution < 1.29 is 9.90 Å². The van der Waals surface area contributed by atoms with E-state index in [0.717, 1.165) is 15.6 Å². The number of aryl methyl sites for hydroxylation is 1. The molecule has 2 aromatic rings. The molecule has 2 rings (SSSR count). The number of hydrogen-bond donors (Lipinski definition) is 1. The average molecular weight is 321 g/mol. The van der Waals surface area contributed by atoms with Gasteiger partial charge in [0.2, 0.25) is 0 Å². The fraction of sp³-hybridized carbons (Fsp3) is 0.214. The summed E-state index contributed by atoms with van der Waals surface area (Å²) in [5.74, 6) is -1.28. The van der Waals surface area contributed by atoms with Crippen LogP contribution in [0.4, 0.5) is 0 Å². The molecule has 1 atom stereocenters. The van der Waals surface area contributed by atoms with E-state index in [2.05, 4.69) is 25.9 Å². The minimum absolute atomic E-state index is 0.348. The molecule has 98 valence electrons. The second-order valence-electron chi connectivity index (χ2n) is 4.34. The van der Waals surface area contributed by atoms with Gasteiger partial charge < -0.3 is 5.11 Å². The molecule has 0 aliphatic heterocycles. The van der Waals surface area contributed by atoms with Gasteiger partial charge in [0.1, 0.15) is 11.7 Å². The first-order valence-corrected chi connectivity index (χ1v) is 6.61. The summed E-state index contributed by atoms with van der Waals surface area (Å²) in [6, 6.07) is 7.58. The Balaban J connectivity index is 2.23. The van der Waals surface area contributed by atoms with Crippen LogP contribution in [0.2, 0.25) is 0 Å². The standard InChI is InChI=1S/C14H13BrN2O2/c1-9-7-16-13(17-8-9)12(14(18)19)6-10-2-4-11(15)5-3-10/h2-5,7-8,12H,6H2,1H3,(H,18,19). The Kier molecular flexibility index (Phi) is 4.27. The number of aromatic nitrogens is 2. The molecule has 1 aromatic heterocycles. The minimum Gasteiger partial charge on any atom is -0.481 e. The molecule has 5 heteroatoms. The van der Waals surface area contributed by atoms with Crippen LogP contribution >= 0.6 is 15.9 Å². The highest BCUT2D eigenvalue weighted by Gasteiger charge is 2.23. The van der Waals surface area contributed by atoms with Crippen molar-refractivity contribution in [3.63, 3.8) is 0 Å².